The van der Waals surface area contributed by atoms with Crippen LogP contribution in [-0.2, 0) is 0 Å². The molecule has 2 aromatic rings. The molecular formula is C14H9N3. The summed E-state index contributed by atoms with van der Waals surface area (Å²) in [4.78, 5) is 4.13. The Labute approximate surface area is 98.9 Å². The average molecular weight is 219 g/mol. The zero-order chi connectivity index (χ0) is 11.5. The molecule has 17 heavy (non-hydrogen) atoms. The van der Waals surface area contributed by atoms with E-state index in [1.165, 1.54) is 0 Å². The number of hydrogen-bond donors (Lipinski definition) is 0. The van der Waals surface area contributed by atoms with Crippen molar-refractivity contribution in [2.75, 3.05) is 0 Å². The average Bonchev–Trinajstić information content (AvgIpc) is 2.62. The van der Waals surface area contributed by atoms with E-state index in [4.69, 9.17) is 0 Å². The fourth-order valence-corrected chi connectivity index (χ4v) is 1.78. The molecule has 0 amide bonds. The van der Waals surface area contributed by atoms with Crippen LogP contribution in [0.1, 0.15) is 11.1 Å². The number of nitrogens with zero attached hydrogens (tertiary/aromatic N) is 3. The molecule has 1 heterocycles. The summed E-state index contributed by atoms with van der Waals surface area (Å²) in [6, 6.07) is 20.4. The summed E-state index contributed by atoms with van der Waals surface area (Å²) in [5.41, 5.74) is 3.68. The Balaban J connectivity index is 2.22. The second-order valence-corrected chi connectivity index (χ2v) is 3.64. The third kappa shape index (κ3) is 1.80. The summed E-state index contributed by atoms with van der Waals surface area (Å²) in [5, 5.41) is 7.99. The first-order chi connectivity index (χ1) is 8.45. The highest BCUT2D eigenvalue weighted by Gasteiger charge is 2.12. The lowest BCUT2D eigenvalue weighted by molar-refractivity contribution is 1.25. The van der Waals surface area contributed by atoms with Crippen molar-refractivity contribution in [2.24, 2.45) is 15.2 Å². The highest BCUT2D eigenvalue weighted by atomic mass is 15.2. The third-order valence-electron chi connectivity index (χ3n) is 2.57. The van der Waals surface area contributed by atoms with Gasteiger partial charge in [0.2, 0.25) is 0 Å². The van der Waals surface area contributed by atoms with E-state index in [0.717, 1.165) is 22.5 Å². The lowest BCUT2D eigenvalue weighted by Gasteiger charge is -2.06. The molecule has 2 aromatic carbocycles. The van der Waals surface area contributed by atoms with Gasteiger partial charge in [0.25, 0.3) is 0 Å². The van der Waals surface area contributed by atoms with Crippen LogP contribution in [0, 0.1) is 0 Å². The predicted molar refractivity (Wildman–Crippen MR) is 68.0 cm³/mol. The maximum Gasteiger partial charge on any atom is 0.123 e. The Kier molecular flexibility index (Phi) is 2.37. The summed E-state index contributed by atoms with van der Waals surface area (Å²) in [5.74, 6) is 0. The van der Waals surface area contributed by atoms with E-state index in [0.29, 0.717) is 0 Å². The van der Waals surface area contributed by atoms with Gasteiger partial charge in [0.05, 0.1) is 5.69 Å². The van der Waals surface area contributed by atoms with E-state index >= 15 is 0 Å². The van der Waals surface area contributed by atoms with E-state index in [-0.39, 0.29) is 0 Å². The lowest BCUT2D eigenvalue weighted by Crippen LogP contribution is -2.02. The van der Waals surface area contributed by atoms with Gasteiger partial charge >= 0.3 is 0 Å². The van der Waals surface area contributed by atoms with Gasteiger partial charge < -0.3 is 0 Å². The standard InChI is InChI=1S/C14H9N3/c1-2-6-11(7-3-1)14-12-8-4-5-9-13(12)15-10-16-17-14/h1-9H. The van der Waals surface area contributed by atoms with Crippen molar-refractivity contribution in [3.05, 3.63) is 65.7 Å². The molecule has 0 unspecified atom stereocenters. The molecule has 0 spiro atoms. The monoisotopic (exact) mass is 219 g/mol. The summed E-state index contributed by atoms with van der Waals surface area (Å²) in [7, 11) is 0. The molecule has 0 bridgehead atoms. The Morgan fingerprint density at radius 3 is 2.47 bits per heavy atom. The minimum Gasteiger partial charge on any atom is -0.185 e. The second-order valence-electron chi connectivity index (χ2n) is 3.64. The van der Waals surface area contributed by atoms with Crippen LogP contribution in [0.15, 0.2) is 69.8 Å². The molecule has 3 rings (SSSR count). The van der Waals surface area contributed by atoms with Gasteiger partial charge in [-0.1, -0.05) is 53.6 Å². The van der Waals surface area contributed by atoms with Crippen LogP contribution >= 0.6 is 0 Å². The van der Waals surface area contributed by atoms with Crippen molar-refractivity contribution in [3.63, 3.8) is 0 Å². The first-order valence-corrected chi connectivity index (χ1v) is 5.33. The minimum atomic E-state index is 0.829. The van der Waals surface area contributed by atoms with Gasteiger partial charge in [-0.2, -0.15) is 4.99 Å². The normalized spacial score (nSPS) is 12.8. The quantitative estimate of drug-likeness (QED) is 0.706. The van der Waals surface area contributed by atoms with Crippen LogP contribution in [0.3, 0.4) is 0 Å². The van der Waals surface area contributed by atoms with Crippen LogP contribution in [0.2, 0.25) is 0 Å². The molecule has 3 heteroatoms. The first kappa shape index (κ1) is 9.70. The van der Waals surface area contributed by atoms with Crippen LogP contribution in [-0.4, -0.2) is 11.7 Å². The van der Waals surface area contributed by atoms with Crippen LogP contribution in [0.4, 0.5) is 5.69 Å². The molecule has 80 valence electrons. The first-order valence-electron chi connectivity index (χ1n) is 5.33. The maximum absolute atomic E-state index is 4.17. The number of hydrogen-bond acceptors (Lipinski definition) is 3. The van der Waals surface area contributed by atoms with E-state index in [1.807, 2.05) is 54.6 Å². The van der Waals surface area contributed by atoms with Gasteiger partial charge in [-0.05, 0) is 6.07 Å². The van der Waals surface area contributed by atoms with E-state index in [1.54, 1.807) is 0 Å². The van der Waals surface area contributed by atoms with Crippen LogP contribution < -0.4 is 0 Å². The minimum absolute atomic E-state index is 0.829. The largest absolute Gasteiger partial charge is 0.185 e. The van der Waals surface area contributed by atoms with E-state index in [9.17, 15) is 0 Å². The maximum atomic E-state index is 4.17. The second kappa shape index (κ2) is 4.16. The molecule has 0 saturated heterocycles. The SMILES string of the molecule is C1=NN=C(c2ccccc2)c2ccccc2N=1. The molecule has 1 aliphatic heterocycles. The molecule has 0 N–H and O–H groups in total. The van der Waals surface area contributed by atoms with Crippen molar-refractivity contribution in [3.8, 4) is 0 Å². The molecule has 0 aliphatic carbocycles. The zero-order valence-corrected chi connectivity index (χ0v) is 9.04. The zero-order valence-electron chi connectivity index (χ0n) is 9.04. The van der Waals surface area contributed by atoms with Crippen molar-refractivity contribution < 1.29 is 0 Å². The third-order valence-corrected chi connectivity index (χ3v) is 2.57. The molecule has 0 saturated carbocycles. The van der Waals surface area contributed by atoms with Crippen LogP contribution in [0.25, 0.3) is 0 Å². The van der Waals surface area contributed by atoms with E-state index < -0.39 is 0 Å². The predicted octanol–water partition coefficient (Wildman–Crippen LogP) is 3.26. The smallest absolute Gasteiger partial charge is 0.123 e. The Bertz CT molecular complexity index is 636. The fraction of sp³-hybridized carbons (Fsp3) is 0. The number of para-hydroxylation sites is 1. The number of fused-ring (bicyclic) bond motifs is 1. The van der Waals surface area contributed by atoms with Crippen molar-refractivity contribution in [1.82, 2.24) is 0 Å². The Hall–Kier alpha value is -2.51. The van der Waals surface area contributed by atoms with Crippen LogP contribution in [0.5, 0.6) is 0 Å². The van der Waals surface area contributed by atoms with Gasteiger partial charge in [-0.25, -0.2) is 0 Å². The van der Waals surface area contributed by atoms with Gasteiger partial charge in [0.1, 0.15) is 11.7 Å². The molecule has 1 aliphatic rings. The molecule has 0 fully saturated rings. The Morgan fingerprint density at radius 1 is 0.824 bits per heavy atom. The van der Waals surface area contributed by atoms with Crippen molar-refractivity contribution >= 4 is 17.4 Å². The fourth-order valence-electron chi connectivity index (χ4n) is 1.78. The molecule has 0 radical (unpaired) electrons. The Morgan fingerprint density at radius 2 is 1.59 bits per heavy atom. The van der Waals surface area contributed by atoms with Gasteiger partial charge in [-0.15, -0.1) is 5.10 Å². The molecular weight excluding hydrogens is 210 g/mol. The van der Waals surface area contributed by atoms with Gasteiger partial charge in [0, 0.05) is 11.1 Å². The highest BCUT2D eigenvalue weighted by Crippen LogP contribution is 2.23. The molecule has 0 aromatic heterocycles. The highest BCUT2D eigenvalue weighted by molar-refractivity contribution is 6.16. The summed E-state index contributed by atoms with van der Waals surface area (Å²) in [6.07, 6.45) is 0. The van der Waals surface area contributed by atoms with Gasteiger partial charge in [-0.3, -0.25) is 0 Å². The lowest BCUT2D eigenvalue weighted by atomic mass is 10.0. The number of aliphatic imine (C=N–C) groups is 1. The summed E-state index contributed by atoms with van der Waals surface area (Å²) < 4.78 is 0. The number of rotatable bonds is 1. The van der Waals surface area contributed by atoms with Crippen molar-refractivity contribution in [1.29, 1.82) is 0 Å². The molecule has 0 atom stereocenters. The summed E-state index contributed by atoms with van der Waals surface area (Å²) in [6.45, 7) is 0. The summed E-state index contributed by atoms with van der Waals surface area (Å²) >= 11 is 0. The molecule has 3 nitrogen and oxygen atoms in total. The topological polar surface area (TPSA) is 37.1 Å². The van der Waals surface area contributed by atoms with E-state index in [2.05, 4.69) is 21.2 Å². The number of benzene rings is 2. The van der Waals surface area contributed by atoms with Gasteiger partial charge in [0.15, 0.2) is 0 Å². The van der Waals surface area contributed by atoms with Crippen molar-refractivity contribution in [2.45, 2.75) is 0 Å².